The van der Waals surface area contributed by atoms with Gasteiger partial charge in [0.1, 0.15) is 11.8 Å². The molecule has 0 amide bonds. The number of hydrogen-bond acceptors (Lipinski definition) is 3. The van der Waals surface area contributed by atoms with E-state index in [1.807, 2.05) is 18.2 Å². The van der Waals surface area contributed by atoms with Crippen LogP contribution < -0.4 is 10.1 Å². The monoisotopic (exact) mass is 260 g/mol. The minimum atomic E-state index is 0.513. The normalized spacial score (nSPS) is 11.9. The highest BCUT2D eigenvalue weighted by Gasteiger charge is 2.05. The van der Waals surface area contributed by atoms with Crippen molar-refractivity contribution in [3.8, 4) is 11.8 Å². The Kier molecular flexibility index (Phi) is 6.99. The van der Waals surface area contributed by atoms with Gasteiger partial charge in [0.25, 0.3) is 0 Å². The van der Waals surface area contributed by atoms with Crippen molar-refractivity contribution >= 4 is 0 Å². The third kappa shape index (κ3) is 5.32. The number of unbranched alkanes of at least 4 members (excludes halogenated alkanes) is 2. The second kappa shape index (κ2) is 8.55. The number of hydrogen-bond donors (Lipinski definition) is 1. The molecule has 0 aliphatic carbocycles. The molecule has 0 fully saturated rings. The number of ether oxygens (including phenoxy) is 1. The maximum atomic E-state index is 9.04. The molecule has 0 saturated carbocycles. The lowest BCUT2D eigenvalue weighted by Crippen LogP contribution is -2.25. The molecular formula is C16H24N2O. The fourth-order valence-corrected chi connectivity index (χ4v) is 2.05. The van der Waals surface area contributed by atoms with E-state index in [1.54, 1.807) is 7.11 Å². The number of benzene rings is 1. The zero-order chi connectivity index (χ0) is 14.1. The fraction of sp³-hybridized carbons (Fsp3) is 0.562. The summed E-state index contributed by atoms with van der Waals surface area (Å²) in [5, 5.41) is 12.5. The van der Waals surface area contributed by atoms with Crippen LogP contribution in [0.1, 0.15) is 50.7 Å². The Balaban J connectivity index is 2.47. The molecule has 0 spiro atoms. The van der Waals surface area contributed by atoms with Crippen molar-refractivity contribution in [2.75, 3.05) is 7.11 Å². The summed E-state index contributed by atoms with van der Waals surface area (Å²) in [6.07, 6.45) is 5.04. The molecular weight excluding hydrogens is 236 g/mol. The Labute approximate surface area is 116 Å². The molecule has 19 heavy (non-hydrogen) atoms. The van der Waals surface area contributed by atoms with E-state index >= 15 is 0 Å². The molecule has 0 heterocycles. The summed E-state index contributed by atoms with van der Waals surface area (Å²) in [6, 6.07) is 8.43. The van der Waals surface area contributed by atoms with Gasteiger partial charge in [0.15, 0.2) is 0 Å². The lowest BCUT2D eigenvalue weighted by atomic mass is 10.1. The lowest BCUT2D eigenvalue weighted by molar-refractivity contribution is 0.413. The minimum absolute atomic E-state index is 0.513. The molecule has 1 unspecified atom stereocenters. The van der Waals surface area contributed by atoms with Crippen LogP contribution in [0.25, 0.3) is 0 Å². The van der Waals surface area contributed by atoms with Gasteiger partial charge in [-0.15, -0.1) is 0 Å². The van der Waals surface area contributed by atoms with Crippen molar-refractivity contribution in [2.45, 2.75) is 52.1 Å². The molecule has 1 aromatic carbocycles. The molecule has 1 N–H and O–H groups in total. The first-order valence-electron chi connectivity index (χ1n) is 7.01. The molecule has 0 aliphatic rings. The third-order valence-electron chi connectivity index (χ3n) is 3.28. The molecule has 0 aromatic heterocycles. The first-order valence-corrected chi connectivity index (χ1v) is 7.01. The summed E-state index contributed by atoms with van der Waals surface area (Å²) >= 11 is 0. The summed E-state index contributed by atoms with van der Waals surface area (Å²) in [4.78, 5) is 0. The van der Waals surface area contributed by atoms with Crippen LogP contribution in [0.4, 0.5) is 0 Å². The van der Waals surface area contributed by atoms with Gasteiger partial charge in [-0.1, -0.05) is 32.3 Å². The number of nitrogens with one attached hydrogen (secondary N) is 1. The van der Waals surface area contributed by atoms with Crippen LogP contribution in [-0.2, 0) is 6.54 Å². The van der Waals surface area contributed by atoms with Crippen molar-refractivity contribution < 1.29 is 4.74 Å². The second-order valence-corrected chi connectivity index (χ2v) is 4.92. The SMILES string of the molecule is CCCCCC(C)NCc1ccc(OC)c(C#N)c1. The average Bonchev–Trinajstić information content (AvgIpc) is 2.45. The van der Waals surface area contributed by atoms with Gasteiger partial charge in [-0.25, -0.2) is 0 Å². The molecule has 1 rings (SSSR count). The highest BCUT2D eigenvalue weighted by Crippen LogP contribution is 2.18. The van der Waals surface area contributed by atoms with Crippen LogP contribution in [0.5, 0.6) is 5.75 Å². The molecule has 1 aromatic rings. The summed E-state index contributed by atoms with van der Waals surface area (Å²) in [5.74, 6) is 0.641. The average molecular weight is 260 g/mol. The zero-order valence-corrected chi connectivity index (χ0v) is 12.2. The van der Waals surface area contributed by atoms with Crippen molar-refractivity contribution in [3.63, 3.8) is 0 Å². The van der Waals surface area contributed by atoms with Gasteiger partial charge >= 0.3 is 0 Å². The molecule has 0 radical (unpaired) electrons. The zero-order valence-electron chi connectivity index (χ0n) is 12.2. The number of nitrogens with zero attached hydrogens (tertiary/aromatic N) is 1. The fourth-order valence-electron chi connectivity index (χ4n) is 2.05. The van der Waals surface area contributed by atoms with Crippen LogP contribution in [0.15, 0.2) is 18.2 Å². The molecule has 3 heteroatoms. The van der Waals surface area contributed by atoms with Gasteiger partial charge in [-0.05, 0) is 31.0 Å². The summed E-state index contributed by atoms with van der Waals surface area (Å²) in [6.45, 7) is 5.23. The Morgan fingerprint density at radius 1 is 1.37 bits per heavy atom. The van der Waals surface area contributed by atoms with Crippen molar-refractivity contribution in [1.29, 1.82) is 5.26 Å². The first kappa shape index (κ1) is 15.5. The summed E-state index contributed by atoms with van der Waals surface area (Å²) in [7, 11) is 1.59. The summed E-state index contributed by atoms with van der Waals surface area (Å²) in [5.41, 5.74) is 1.72. The first-order chi connectivity index (χ1) is 9.21. The lowest BCUT2D eigenvalue weighted by Gasteiger charge is -2.14. The van der Waals surface area contributed by atoms with Crippen molar-refractivity contribution in [1.82, 2.24) is 5.32 Å². The van der Waals surface area contributed by atoms with Gasteiger partial charge in [-0.2, -0.15) is 5.26 Å². The van der Waals surface area contributed by atoms with Crippen LogP contribution in [-0.4, -0.2) is 13.2 Å². The Morgan fingerprint density at radius 2 is 2.16 bits per heavy atom. The summed E-state index contributed by atoms with van der Waals surface area (Å²) < 4.78 is 5.14. The van der Waals surface area contributed by atoms with E-state index in [4.69, 9.17) is 10.00 Å². The van der Waals surface area contributed by atoms with Crippen LogP contribution >= 0.6 is 0 Å². The maximum Gasteiger partial charge on any atom is 0.136 e. The molecule has 1 atom stereocenters. The predicted molar refractivity (Wildman–Crippen MR) is 78.2 cm³/mol. The molecule has 3 nitrogen and oxygen atoms in total. The Bertz CT molecular complexity index is 423. The van der Waals surface area contributed by atoms with E-state index in [0.29, 0.717) is 17.4 Å². The van der Waals surface area contributed by atoms with E-state index in [9.17, 15) is 0 Å². The highest BCUT2D eigenvalue weighted by molar-refractivity contribution is 5.45. The van der Waals surface area contributed by atoms with Crippen LogP contribution in [0, 0.1) is 11.3 Å². The van der Waals surface area contributed by atoms with E-state index in [2.05, 4.69) is 25.2 Å². The predicted octanol–water partition coefficient (Wildman–Crippen LogP) is 3.63. The van der Waals surface area contributed by atoms with E-state index in [0.717, 1.165) is 12.1 Å². The largest absolute Gasteiger partial charge is 0.495 e. The quantitative estimate of drug-likeness (QED) is 0.726. The van der Waals surface area contributed by atoms with E-state index in [-0.39, 0.29) is 0 Å². The highest BCUT2D eigenvalue weighted by atomic mass is 16.5. The Morgan fingerprint density at radius 3 is 2.79 bits per heavy atom. The van der Waals surface area contributed by atoms with Crippen molar-refractivity contribution in [3.05, 3.63) is 29.3 Å². The second-order valence-electron chi connectivity index (χ2n) is 4.92. The van der Waals surface area contributed by atoms with Gasteiger partial charge in [0.2, 0.25) is 0 Å². The molecule has 0 aliphatic heterocycles. The number of nitriles is 1. The Hall–Kier alpha value is -1.53. The topological polar surface area (TPSA) is 45.0 Å². The molecule has 0 bridgehead atoms. The maximum absolute atomic E-state index is 9.04. The standard InChI is InChI=1S/C16H24N2O/c1-4-5-6-7-13(2)18-12-14-8-9-16(19-3)15(10-14)11-17/h8-10,13,18H,4-7,12H2,1-3H3. The van der Waals surface area contributed by atoms with Gasteiger partial charge in [0.05, 0.1) is 12.7 Å². The number of methoxy groups -OCH3 is 1. The van der Waals surface area contributed by atoms with Gasteiger partial charge < -0.3 is 10.1 Å². The molecule has 0 saturated heterocycles. The van der Waals surface area contributed by atoms with Gasteiger partial charge in [-0.3, -0.25) is 0 Å². The number of rotatable bonds is 8. The van der Waals surface area contributed by atoms with E-state index in [1.165, 1.54) is 25.7 Å². The van der Waals surface area contributed by atoms with E-state index < -0.39 is 0 Å². The van der Waals surface area contributed by atoms with Gasteiger partial charge in [0, 0.05) is 12.6 Å². The van der Waals surface area contributed by atoms with Crippen LogP contribution in [0.3, 0.4) is 0 Å². The minimum Gasteiger partial charge on any atom is -0.495 e. The van der Waals surface area contributed by atoms with Crippen molar-refractivity contribution in [2.24, 2.45) is 0 Å². The third-order valence-corrected chi connectivity index (χ3v) is 3.28. The smallest absolute Gasteiger partial charge is 0.136 e. The van der Waals surface area contributed by atoms with Crippen LogP contribution in [0.2, 0.25) is 0 Å². The molecule has 104 valence electrons.